The smallest absolute Gasteiger partial charge is 0.463 e. The first-order chi connectivity index (χ1) is 54.2. The Bertz CT molecular complexity index is 2500. The molecular weight excluding hydrogens is 1430 g/mol. The van der Waals surface area contributed by atoms with Crippen molar-refractivity contribution in [3.63, 3.8) is 0 Å². The van der Waals surface area contributed by atoms with Crippen molar-refractivity contribution in [2.24, 2.45) is 0 Å². The summed E-state index contributed by atoms with van der Waals surface area (Å²) in [4.78, 5) is 58.9. The van der Waals surface area contributed by atoms with Gasteiger partial charge < -0.3 is 34.2 Å². The molecule has 0 aromatic rings. The lowest BCUT2D eigenvalue weighted by molar-refractivity contribution is -0.161. The van der Waals surface area contributed by atoms with E-state index in [1.165, 1.54) is 199 Å². The highest BCUT2D eigenvalue weighted by molar-refractivity contribution is 7.47. The highest BCUT2D eigenvalue weighted by Gasteiger charge is 2.29. The zero-order valence-electron chi connectivity index (χ0n) is 70.6. The van der Waals surface area contributed by atoms with Gasteiger partial charge in [-0.1, -0.05) is 380 Å². The van der Waals surface area contributed by atoms with Gasteiger partial charge in [-0.25, -0.2) is 9.13 Å². The van der Waals surface area contributed by atoms with Crippen LogP contribution in [0, 0.1) is 0 Å². The predicted octanol–water partition coefficient (Wildman–Crippen LogP) is 27.2. The molecule has 18 heteroatoms. The Morgan fingerprint density at radius 1 is 0.261 bits per heavy atom. The molecule has 642 valence electrons. The van der Waals surface area contributed by atoms with Gasteiger partial charge in [0, 0.05) is 19.3 Å². The molecule has 0 spiro atoms. The number of aliphatic hydroxyl groups excluding tert-OH is 2. The van der Waals surface area contributed by atoms with Crippen molar-refractivity contribution in [1.29, 1.82) is 0 Å². The number of hydrogen-bond donors (Lipinski definition) is 4. The number of rotatable bonds is 85. The number of allylic oxidation sites excluding steroid dienone is 20. The third-order valence-corrected chi connectivity index (χ3v) is 21.1. The second-order valence-electron chi connectivity index (χ2n) is 30.0. The van der Waals surface area contributed by atoms with Gasteiger partial charge in [-0.15, -0.1) is 0 Å². The predicted molar refractivity (Wildman–Crippen MR) is 463 cm³/mol. The summed E-state index contributed by atoms with van der Waals surface area (Å²) in [6.07, 6.45) is 104. The van der Waals surface area contributed by atoms with Gasteiger partial charge in [0.1, 0.15) is 25.4 Å². The largest absolute Gasteiger partial charge is 0.472 e. The van der Waals surface area contributed by atoms with Gasteiger partial charge in [-0.2, -0.15) is 0 Å². The SMILES string of the molecule is CC/C=C\C/C=C\C/C=C\C/C=C\C/C=C\C/C=C\CCCCCCCCCCCCC(=O)OCC(COP(=O)(O)OCC(O)COP(=O)(O)OCC(O)COC(=O)CCCCCCCCCCCCCCCCC/C=C\C/C=C\C/C=C\C/C=C\CCCCC)OC(=O)CCCCCCCCCCCCCCCCC. The molecule has 0 aliphatic rings. The van der Waals surface area contributed by atoms with Gasteiger partial charge in [0.05, 0.1) is 26.4 Å². The van der Waals surface area contributed by atoms with Crippen LogP contribution in [0.15, 0.2) is 122 Å². The summed E-state index contributed by atoms with van der Waals surface area (Å²) in [6, 6.07) is 0. The van der Waals surface area contributed by atoms with Crippen molar-refractivity contribution in [1.82, 2.24) is 0 Å². The van der Waals surface area contributed by atoms with Crippen molar-refractivity contribution in [3.05, 3.63) is 122 Å². The van der Waals surface area contributed by atoms with E-state index in [-0.39, 0.29) is 19.3 Å². The van der Waals surface area contributed by atoms with E-state index in [4.69, 9.17) is 32.3 Å². The molecule has 0 saturated carbocycles. The Hall–Kier alpha value is -4.05. The van der Waals surface area contributed by atoms with Crippen LogP contribution in [-0.2, 0) is 55.8 Å². The molecule has 0 amide bonds. The molecule has 0 aromatic heterocycles. The number of carbonyl (C=O) groups excluding carboxylic acids is 3. The van der Waals surface area contributed by atoms with E-state index in [1.54, 1.807) is 0 Å². The maximum atomic E-state index is 13.0. The van der Waals surface area contributed by atoms with Crippen LogP contribution in [0.25, 0.3) is 0 Å². The first-order valence-corrected chi connectivity index (χ1v) is 47.8. The van der Waals surface area contributed by atoms with Gasteiger partial charge in [0.25, 0.3) is 0 Å². The van der Waals surface area contributed by atoms with E-state index >= 15 is 0 Å². The molecule has 0 fully saturated rings. The number of ether oxygens (including phenoxy) is 3. The number of phosphoric acid groups is 2. The minimum atomic E-state index is -4.93. The van der Waals surface area contributed by atoms with Crippen LogP contribution in [0.5, 0.6) is 0 Å². The summed E-state index contributed by atoms with van der Waals surface area (Å²) in [5.74, 6) is -1.56. The molecule has 0 bridgehead atoms. The van der Waals surface area contributed by atoms with E-state index in [9.17, 15) is 43.5 Å². The van der Waals surface area contributed by atoms with E-state index in [1.807, 2.05) is 0 Å². The lowest BCUT2D eigenvalue weighted by Gasteiger charge is -2.21. The van der Waals surface area contributed by atoms with Gasteiger partial charge in [-0.3, -0.25) is 32.5 Å². The molecule has 0 radical (unpaired) electrons. The molecule has 0 aliphatic heterocycles. The molecule has 16 nitrogen and oxygen atoms in total. The molecule has 0 rings (SSSR count). The number of carbonyl (C=O) groups is 3. The average Bonchev–Trinajstić information content (AvgIpc) is 0.971. The topological polar surface area (TPSA) is 231 Å². The summed E-state index contributed by atoms with van der Waals surface area (Å²) in [7, 11) is -9.79. The minimum Gasteiger partial charge on any atom is -0.463 e. The van der Waals surface area contributed by atoms with Gasteiger partial charge in [0.15, 0.2) is 6.10 Å². The maximum Gasteiger partial charge on any atom is 0.472 e. The van der Waals surface area contributed by atoms with Crippen LogP contribution in [0.3, 0.4) is 0 Å². The zero-order valence-corrected chi connectivity index (χ0v) is 72.4. The van der Waals surface area contributed by atoms with Crippen molar-refractivity contribution < 1.29 is 75.8 Å². The fourth-order valence-electron chi connectivity index (χ4n) is 12.4. The van der Waals surface area contributed by atoms with Crippen molar-refractivity contribution in [3.8, 4) is 0 Å². The van der Waals surface area contributed by atoms with E-state index in [0.29, 0.717) is 19.3 Å². The number of phosphoric ester groups is 2. The summed E-state index contributed by atoms with van der Waals surface area (Å²) in [5, 5.41) is 20.7. The van der Waals surface area contributed by atoms with Crippen molar-refractivity contribution in [2.45, 2.75) is 411 Å². The highest BCUT2D eigenvalue weighted by Crippen LogP contribution is 2.45. The van der Waals surface area contributed by atoms with Crippen LogP contribution in [-0.4, -0.2) is 95.9 Å². The van der Waals surface area contributed by atoms with Gasteiger partial charge >= 0.3 is 33.6 Å². The fraction of sp³-hybridized carbons (Fsp3) is 0.753. The summed E-state index contributed by atoms with van der Waals surface area (Å²) < 4.78 is 61.4. The Kier molecular flexibility index (Phi) is 82.2. The van der Waals surface area contributed by atoms with Gasteiger partial charge in [-0.05, 0) is 116 Å². The molecule has 0 saturated heterocycles. The van der Waals surface area contributed by atoms with E-state index < -0.39 is 91.5 Å². The van der Waals surface area contributed by atoms with E-state index in [2.05, 4.69) is 142 Å². The standard InChI is InChI=1S/C93H164O16P2/c1-4-7-10-13-16-19-22-25-28-30-32-34-36-38-40-42-43-45-47-48-50-52-54-56-59-61-64-67-70-73-76-79-91(96)103-82-88(94)83-105-110(99,100)106-84-89(95)85-107-111(101,102)108-87-90(109-93(98)81-78-75-72-69-66-63-58-27-24-21-18-15-12-9-6-3)86-104-92(97)80-77-74-71-68-65-62-60-57-55-53-51-49-46-44-41-39-37-35-33-31-29-26-23-20-17-14-11-8-5-2/h8,11,16-17,19-20,25-26,28-29,32-35,38-41,46,49,88-90,94-95H,4-7,9-10,12-15,18,21-24,27,30-31,36-37,42-45,47-48,50-87H2,1-3H3,(H,99,100)(H,101,102)/b11-8-,19-16-,20-17-,28-25-,29-26-,34-32-,35-33-,40-38-,41-39-,49-46-. The molecular formula is C93H164O16P2. The first kappa shape index (κ1) is 107. The molecule has 111 heavy (non-hydrogen) atoms. The molecule has 4 N–H and O–H groups in total. The maximum absolute atomic E-state index is 13.0. The van der Waals surface area contributed by atoms with E-state index in [0.717, 1.165) is 135 Å². The van der Waals surface area contributed by atoms with Crippen molar-refractivity contribution in [2.75, 3.05) is 39.6 Å². The summed E-state index contributed by atoms with van der Waals surface area (Å²) in [5.41, 5.74) is 0. The third-order valence-electron chi connectivity index (χ3n) is 19.2. The molecule has 5 unspecified atom stereocenters. The monoisotopic (exact) mass is 1600 g/mol. The zero-order chi connectivity index (χ0) is 80.8. The Labute approximate surface area is 678 Å². The average molecular weight is 1600 g/mol. The summed E-state index contributed by atoms with van der Waals surface area (Å²) in [6.45, 7) is 2.60. The molecule has 0 aromatic carbocycles. The number of aliphatic hydroxyl groups is 2. The lowest BCUT2D eigenvalue weighted by atomic mass is 10.0. The highest BCUT2D eigenvalue weighted by atomic mass is 31.2. The van der Waals surface area contributed by atoms with Crippen LogP contribution < -0.4 is 0 Å². The number of hydrogen-bond acceptors (Lipinski definition) is 14. The van der Waals surface area contributed by atoms with Gasteiger partial charge in [0.2, 0.25) is 0 Å². The Morgan fingerprint density at radius 3 is 0.775 bits per heavy atom. The normalized spacial score (nSPS) is 14.4. The second-order valence-corrected chi connectivity index (χ2v) is 32.9. The van der Waals surface area contributed by atoms with Crippen molar-refractivity contribution >= 4 is 33.6 Å². The first-order valence-electron chi connectivity index (χ1n) is 44.8. The quantitative estimate of drug-likeness (QED) is 0.0146. The Balaban J connectivity index is 4.48. The number of esters is 3. The fourth-order valence-corrected chi connectivity index (χ4v) is 14.0. The minimum absolute atomic E-state index is 0.107. The van der Waals surface area contributed by atoms with Crippen LogP contribution in [0.2, 0.25) is 0 Å². The molecule has 0 heterocycles. The van der Waals surface area contributed by atoms with Crippen LogP contribution in [0.4, 0.5) is 0 Å². The number of unbranched alkanes of at least 4 members (excludes halogenated alkanes) is 42. The second kappa shape index (κ2) is 85.3. The molecule has 0 aliphatic carbocycles. The van der Waals surface area contributed by atoms with Crippen LogP contribution in [0.1, 0.15) is 393 Å². The summed E-state index contributed by atoms with van der Waals surface area (Å²) >= 11 is 0. The third kappa shape index (κ3) is 86.6. The van der Waals surface area contributed by atoms with Crippen LogP contribution >= 0.6 is 15.6 Å². The Morgan fingerprint density at radius 2 is 0.477 bits per heavy atom. The molecule has 5 atom stereocenters. The lowest BCUT2D eigenvalue weighted by Crippen LogP contribution is -2.30.